The van der Waals surface area contributed by atoms with E-state index < -0.39 is 0 Å². The highest BCUT2D eigenvalue weighted by atomic mass is 32.1. The van der Waals surface area contributed by atoms with Gasteiger partial charge in [-0.25, -0.2) is 0 Å². The molecule has 1 heterocycles. The fourth-order valence-electron chi connectivity index (χ4n) is 4.06. The molecule has 2 saturated carbocycles. The molecule has 116 valence electrons. The Morgan fingerprint density at radius 1 is 1.48 bits per heavy atom. The van der Waals surface area contributed by atoms with Crippen LogP contribution in [0, 0.1) is 17.8 Å². The lowest BCUT2D eigenvalue weighted by molar-refractivity contribution is -0.127. The van der Waals surface area contributed by atoms with Crippen LogP contribution < -0.4 is 11.1 Å². The van der Waals surface area contributed by atoms with Crippen LogP contribution in [0.3, 0.4) is 0 Å². The van der Waals surface area contributed by atoms with Gasteiger partial charge in [-0.15, -0.1) is 11.3 Å². The maximum Gasteiger partial charge on any atom is 0.225 e. The third-order valence-electron chi connectivity index (χ3n) is 5.25. The molecule has 3 rings (SSSR count). The second-order valence-electron chi connectivity index (χ2n) is 6.68. The Morgan fingerprint density at radius 2 is 2.24 bits per heavy atom. The van der Waals surface area contributed by atoms with Gasteiger partial charge in [0.1, 0.15) is 0 Å². The molecule has 0 saturated heterocycles. The van der Waals surface area contributed by atoms with Gasteiger partial charge >= 0.3 is 0 Å². The van der Waals surface area contributed by atoms with Crippen LogP contribution in [0.1, 0.15) is 30.2 Å². The molecule has 1 aromatic heterocycles. The van der Waals surface area contributed by atoms with Crippen molar-refractivity contribution in [2.24, 2.45) is 23.5 Å². The zero-order valence-electron chi connectivity index (χ0n) is 12.8. The summed E-state index contributed by atoms with van der Waals surface area (Å²) in [7, 11) is 4.11. The fourth-order valence-corrected chi connectivity index (χ4v) is 4.98. The number of hydrogen-bond acceptors (Lipinski definition) is 4. The number of rotatable bonds is 5. The van der Waals surface area contributed by atoms with E-state index in [9.17, 15) is 4.79 Å². The van der Waals surface area contributed by atoms with Crippen LogP contribution in [-0.4, -0.2) is 37.5 Å². The van der Waals surface area contributed by atoms with Gasteiger partial charge in [-0.2, -0.15) is 0 Å². The van der Waals surface area contributed by atoms with E-state index >= 15 is 0 Å². The lowest BCUT2D eigenvalue weighted by Crippen LogP contribution is -2.46. The zero-order chi connectivity index (χ0) is 15.0. The van der Waals surface area contributed by atoms with E-state index in [-0.39, 0.29) is 23.9 Å². The summed E-state index contributed by atoms with van der Waals surface area (Å²) in [4.78, 5) is 16.0. The van der Waals surface area contributed by atoms with Crippen LogP contribution in [-0.2, 0) is 4.79 Å². The summed E-state index contributed by atoms with van der Waals surface area (Å²) in [6.45, 7) is 0.660. The maximum atomic E-state index is 12.5. The van der Waals surface area contributed by atoms with Gasteiger partial charge in [0.15, 0.2) is 0 Å². The first-order valence-electron chi connectivity index (χ1n) is 7.81. The van der Waals surface area contributed by atoms with Crippen LogP contribution in [0.2, 0.25) is 0 Å². The Balaban J connectivity index is 1.60. The van der Waals surface area contributed by atoms with Crippen molar-refractivity contribution in [1.82, 2.24) is 10.2 Å². The molecular formula is C16H25N3OS. The number of fused-ring (bicyclic) bond motifs is 2. The number of carbonyl (C=O) groups is 1. The highest BCUT2D eigenvalue weighted by Gasteiger charge is 2.49. The summed E-state index contributed by atoms with van der Waals surface area (Å²) in [6.07, 6.45) is 3.55. The smallest absolute Gasteiger partial charge is 0.225 e. The first-order chi connectivity index (χ1) is 10.1. The molecule has 0 aromatic carbocycles. The van der Waals surface area contributed by atoms with Crippen LogP contribution in [0.15, 0.2) is 17.5 Å². The topological polar surface area (TPSA) is 58.4 Å². The second kappa shape index (κ2) is 6.07. The number of nitrogens with zero attached hydrogens (tertiary/aromatic N) is 1. The number of nitrogens with two attached hydrogens (primary N) is 1. The molecule has 2 aliphatic carbocycles. The van der Waals surface area contributed by atoms with Crippen LogP contribution in [0.25, 0.3) is 0 Å². The zero-order valence-corrected chi connectivity index (χ0v) is 13.6. The number of nitrogens with one attached hydrogen (secondary N) is 1. The Hall–Kier alpha value is -0.910. The summed E-state index contributed by atoms with van der Waals surface area (Å²) in [5, 5.41) is 5.24. The normalized spacial score (nSPS) is 32.6. The van der Waals surface area contributed by atoms with Gasteiger partial charge in [-0.3, -0.25) is 4.79 Å². The van der Waals surface area contributed by atoms with Crippen molar-refractivity contribution >= 4 is 17.2 Å². The third-order valence-corrected chi connectivity index (χ3v) is 6.22. The van der Waals surface area contributed by atoms with Crippen LogP contribution >= 0.6 is 11.3 Å². The molecule has 3 N–H and O–H groups in total. The largest absolute Gasteiger partial charge is 0.354 e. The van der Waals surface area contributed by atoms with Gasteiger partial charge < -0.3 is 16.0 Å². The predicted molar refractivity (Wildman–Crippen MR) is 86.1 cm³/mol. The van der Waals surface area contributed by atoms with Crippen molar-refractivity contribution in [1.29, 1.82) is 0 Å². The summed E-state index contributed by atoms with van der Waals surface area (Å²) >= 11 is 1.74. The van der Waals surface area contributed by atoms with Gasteiger partial charge in [-0.05, 0) is 56.6 Å². The molecule has 1 aromatic rings. The molecule has 5 unspecified atom stereocenters. The molecule has 4 nitrogen and oxygen atoms in total. The molecule has 21 heavy (non-hydrogen) atoms. The van der Waals surface area contributed by atoms with Crippen molar-refractivity contribution in [2.45, 2.75) is 31.3 Å². The van der Waals surface area contributed by atoms with E-state index in [1.165, 1.54) is 17.7 Å². The fraction of sp³-hybridized carbons (Fsp3) is 0.688. The van der Waals surface area contributed by atoms with E-state index in [0.29, 0.717) is 18.4 Å². The van der Waals surface area contributed by atoms with Crippen molar-refractivity contribution in [2.75, 3.05) is 20.6 Å². The molecule has 2 fully saturated rings. The third kappa shape index (κ3) is 2.87. The Morgan fingerprint density at radius 3 is 2.81 bits per heavy atom. The number of amides is 1. The average molecular weight is 307 g/mol. The van der Waals surface area contributed by atoms with E-state index in [4.69, 9.17) is 5.73 Å². The number of thiophene rings is 1. The van der Waals surface area contributed by atoms with Crippen LogP contribution in [0.5, 0.6) is 0 Å². The Bertz CT molecular complexity index is 486. The van der Waals surface area contributed by atoms with Crippen LogP contribution in [0.4, 0.5) is 0 Å². The molecule has 5 atom stereocenters. The molecule has 1 amide bonds. The van der Waals surface area contributed by atoms with E-state index in [2.05, 4.69) is 41.8 Å². The number of carbonyl (C=O) groups excluding carboxylic acids is 1. The minimum Gasteiger partial charge on any atom is -0.354 e. The molecule has 0 aliphatic heterocycles. The molecule has 2 aliphatic rings. The minimum atomic E-state index is 0.0369. The van der Waals surface area contributed by atoms with Gasteiger partial charge in [0.05, 0.1) is 12.0 Å². The SMILES string of the molecule is CN(C)C(CNC(=O)C1C2CCC(C2)C1N)c1cccs1. The Kier molecular flexibility index (Phi) is 4.33. The molecule has 0 spiro atoms. The summed E-state index contributed by atoms with van der Waals surface area (Å²) < 4.78 is 0. The molecule has 5 heteroatoms. The first kappa shape index (κ1) is 15.0. The number of hydrogen-bond donors (Lipinski definition) is 2. The Labute approximate surface area is 130 Å². The standard InChI is InChI=1S/C16H25N3OS/c1-19(2)12(13-4-3-7-21-13)9-18-16(20)14-10-5-6-11(8-10)15(14)17/h3-4,7,10-12,14-15H,5-6,8-9,17H2,1-2H3,(H,18,20). The van der Waals surface area contributed by atoms with E-state index in [0.717, 1.165) is 6.42 Å². The highest BCUT2D eigenvalue weighted by molar-refractivity contribution is 7.10. The highest BCUT2D eigenvalue weighted by Crippen LogP contribution is 2.47. The van der Waals surface area contributed by atoms with Gasteiger partial charge in [0, 0.05) is 17.5 Å². The number of likely N-dealkylation sites (N-methyl/N-ethyl adjacent to an activating group) is 1. The lowest BCUT2D eigenvalue weighted by atomic mass is 9.84. The summed E-state index contributed by atoms with van der Waals surface area (Å²) in [5.41, 5.74) is 6.26. The molecular weight excluding hydrogens is 282 g/mol. The van der Waals surface area contributed by atoms with Crippen molar-refractivity contribution in [3.8, 4) is 0 Å². The van der Waals surface area contributed by atoms with Crippen molar-refractivity contribution in [3.05, 3.63) is 22.4 Å². The van der Waals surface area contributed by atoms with E-state index in [1.54, 1.807) is 11.3 Å². The van der Waals surface area contributed by atoms with Gasteiger partial charge in [-0.1, -0.05) is 6.07 Å². The first-order valence-corrected chi connectivity index (χ1v) is 8.69. The predicted octanol–water partition coefficient (Wildman–Crippen LogP) is 1.84. The average Bonchev–Trinajstić information content (AvgIpc) is 3.14. The molecule has 0 radical (unpaired) electrons. The summed E-state index contributed by atoms with van der Waals surface area (Å²) in [6, 6.07) is 4.50. The maximum absolute atomic E-state index is 12.5. The van der Waals surface area contributed by atoms with Gasteiger partial charge in [0.2, 0.25) is 5.91 Å². The summed E-state index contributed by atoms with van der Waals surface area (Å²) in [5.74, 6) is 1.30. The molecule has 2 bridgehead atoms. The second-order valence-corrected chi connectivity index (χ2v) is 7.66. The lowest BCUT2D eigenvalue weighted by Gasteiger charge is -2.29. The van der Waals surface area contributed by atoms with Gasteiger partial charge in [0.25, 0.3) is 0 Å². The van der Waals surface area contributed by atoms with E-state index in [1.807, 2.05) is 0 Å². The quantitative estimate of drug-likeness (QED) is 0.873. The van der Waals surface area contributed by atoms with Crippen molar-refractivity contribution in [3.63, 3.8) is 0 Å². The minimum absolute atomic E-state index is 0.0369. The van der Waals surface area contributed by atoms with Crippen molar-refractivity contribution < 1.29 is 4.79 Å². The monoisotopic (exact) mass is 307 g/mol.